The lowest BCUT2D eigenvalue weighted by Gasteiger charge is -2.34. The van der Waals surface area contributed by atoms with Crippen LogP contribution in [0.5, 0.6) is 0 Å². The van der Waals surface area contributed by atoms with Gasteiger partial charge < -0.3 is 14.6 Å². The molecule has 1 saturated heterocycles. The fraction of sp³-hybridized carbons (Fsp3) is 0.556. The number of aromatic nitrogens is 2. The molecule has 1 aromatic carbocycles. The number of hydrogen-bond donors (Lipinski definition) is 1. The van der Waals surface area contributed by atoms with Gasteiger partial charge in [-0.1, -0.05) is 38.0 Å². The molecule has 3 rings (SSSR count). The summed E-state index contributed by atoms with van der Waals surface area (Å²) in [4.78, 5) is 2.45. The molecular weight excluding hydrogens is 288 g/mol. The Morgan fingerprint density at radius 2 is 1.74 bits per heavy atom. The molecule has 0 spiro atoms. The van der Waals surface area contributed by atoms with E-state index in [2.05, 4.69) is 65.5 Å². The maximum atomic E-state index is 5.40. The van der Waals surface area contributed by atoms with Gasteiger partial charge in [-0.15, -0.1) is 5.10 Å². The van der Waals surface area contributed by atoms with Crippen LogP contribution in [0.1, 0.15) is 45.1 Å². The zero-order valence-corrected chi connectivity index (χ0v) is 14.5. The smallest absolute Gasteiger partial charge is 0.315 e. The zero-order chi connectivity index (χ0) is 16.4. The summed E-state index contributed by atoms with van der Waals surface area (Å²) in [6, 6.07) is 9.93. The topological polar surface area (TPSA) is 54.2 Å². The average Bonchev–Trinajstić information content (AvgIpc) is 2.92. The van der Waals surface area contributed by atoms with E-state index < -0.39 is 0 Å². The van der Waals surface area contributed by atoms with Crippen LogP contribution in [-0.2, 0) is 5.41 Å². The molecule has 0 bridgehead atoms. The van der Waals surface area contributed by atoms with E-state index in [0.717, 1.165) is 25.9 Å². The molecule has 5 heteroatoms. The van der Waals surface area contributed by atoms with Crippen LogP contribution in [-0.4, -0.2) is 29.3 Å². The van der Waals surface area contributed by atoms with E-state index in [1.165, 1.54) is 11.3 Å². The summed E-state index contributed by atoms with van der Waals surface area (Å²) >= 11 is 0. The number of aryl methyl sites for hydroxylation is 1. The van der Waals surface area contributed by atoms with Gasteiger partial charge in [0.15, 0.2) is 0 Å². The molecule has 1 aliphatic rings. The number of nitrogens with zero attached hydrogens (tertiary/aromatic N) is 3. The second-order valence-electron chi connectivity index (χ2n) is 7.33. The van der Waals surface area contributed by atoms with Gasteiger partial charge in [-0.2, -0.15) is 0 Å². The second-order valence-corrected chi connectivity index (χ2v) is 7.33. The third-order valence-corrected chi connectivity index (χ3v) is 4.45. The summed E-state index contributed by atoms with van der Waals surface area (Å²) in [5.41, 5.74) is 2.90. The Labute approximate surface area is 138 Å². The van der Waals surface area contributed by atoms with E-state index >= 15 is 0 Å². The molecule has 124 valence electrons. The highest BCUT2D eigenvalue weighted by molar-refractivity contribution is 5.49. The van der Waals surface area contributed by atoms with Gasteiger partial charge >= 0.3 is 6.01 Å². The van der Waals surface area contributed by atoms with Crippen molar-refractivity contribution in [3.05, 3.63) is 35.7 Å². The summed E-state index contributed by atoms with van der Waals surface area (Å²) < 4.78 is 5.40. The van der Waals surface area contributed by atoms with Crippen LogP contribution in [0.3, 0.4) is 0 Å². The number of piperidine rings is 1. The minimum Gasteiger partial charge on any atom is -0.408 e. The molecule has 0 atom stereocenters. The third kappa shape index (κ3) is 3.84. The molecule has 2 heterocycles. The molecule has 1 N–H and O–H groups in total. The Bertz CT molecular complexity index is 634. The van der Waals surface area contributed by atoms with E-state index in [4.69, 9.17) is 4.42 Å². The summed E-state index contributed by atoms with van der Waals surface area (Å²) in [6.07, 6.45) is 2.14. The summed E-state index contributed by atoms with van der Waals surface area (Å²) in [5, 5.41) is 11.2. The van der Waals surface area contributed by atoms with Crippen molar-refractivity contribution in [2.75, 3.05) is 23.3 Å². The van der Waals surface area contributed by atoms with Gasteiger partial charge in [0.05, 0.1) is 0 Å². The molecule has 1 aliphatic heterocycles. The maximum absolute atomic E-state index is 5.40. The molecule has 1 fully saturated rings. The average molecular weight is 314 g/mol. The maximum Gasteiger partial charge on any atom is 0.315 e. The zero-order valence-electron chi connectivity index (χ0n) is 14.5. The van der Waals surface area contributed by atoms with Crippen LogP contribution in [0.15, 0.2) is 28.7 Å². The van der Waals surface area contributed by atoms with Crippen molar-refractivity contribution in [3.8, 4) is 0 Å². The van der Waals surface area contributed by atoms with Crippen molar-refractivity contribution in [2.45, 2.75) is 52.0 Å². The molecule has 0 saturated carbocycles. The summed E-state index contributed by atoms with van der Waals surface area (Å²) in [5.74, 6) is 0.601. The highest BCUT2D eigenvalue weighted by Gasteiger charge is 2.21. The van der Waals surface area contributed by atoms with E-state index in [1.54, 1.807) is 0 Å². The Morgan fingerprint density at radius 1 is 1.09 bits per heavy atom. The normalized spacial score (nSPS) is 16.6. The monoisotopic (exact) mass is 314 g/mol. The van der Waals surface area contributed by atoms with E-state index in [0.29, 0.717) is 17.9 Å². The molecule has 23 heavy (non-hydrogen) atoms. The predicted octanol–water partition coefficient (Wildman–Crippen LogP) is 3.76. The lowest BCUT2D eigenvalue weighted by atomic mass is 9.87. The number of anilines is 2. The van der Waals surface area contributed by atoms with Gasteiger partial charge in [0.25, 0.3) is 0 Å². The van der Waals surface area contributed by atoms with Crippen molar-refractivity contribution in [1.82, 2.24) is 10.2 Å². The second kappa shape index (κ2) is 6.22. The first-order valence-electron chi connectivity index (χ1n) is 8.34. The Morgan fingerprint density at radius 3 is 2.26 bits per heavy atom. The highest BCUT2D eigenvalue weighted by atomic mass is 16.4. The van der Waals surface area contributed by atoms with Crippen molar-refractivity contribution in [3.63, 3.8) is 0 Å². The van der Waals surface area contributed by atoms with Crippen molar-refractivity contribution >= 4 is 11.7 Å². The van der Waals surface area contributed by atoms with Crippen LogP contribution in [0.2, 0.25) is 0 Å². The number of hydrogen-bond acceptors (Lipinski definition) is 5. The molecule has 0 aliphatic carbocycles. The molecule has 0 radical (unpaired) electrons. The first kappa shape index (κ1) is 15.8. The molecule has 1 aromatic heterocycles. The van der Waals surface area contributed by atoms with Crippen LogP contribution in [0, 0.1) is 6.92 Å². The fourth-order valence-corrected chi connectivity index (χ4v) is 2.98. The molecular formula is C18H26N4O. The number of rotatable bonds is 3. The van der Waals surface area contributed by atoms with Crippen LogP contribution >= 0.6 is 0 Å². The lowest BCUT2D eigenvalue weighted by molar-refractivity contribution is 0.486. The van der Waals surface area contributed by atoms with Gasteiger partial charge in [-0.25, -0.2) is 0 Å². The first-order valence-corrected chi connectivity index (χ1v) is 8.34. The van der Waals surface area contributed by atoms with Gasteiger partial charge in [0.2, 0.25) is 5.89 Å². The first-order chi connectivity index (χ1) is 10.9. The van der Waals surface area contributed by atoms with Crippen molar-refractivity contribution in [2.24, 2.45) is 0 Å². The highest BCUT2D eigenvalue weighted by Crippen LogP contribution is 2.26. The standard InChI is InChI=1S/C18H26N4O/c1-13-20-21-17(23-13)19-15-9-11-22(12-10-15)16-7-5-14(6-8-16)18(2,3)4/h5-8,15H,9-12H2,1-4H3,(H,19,21). The Hall–Kier alpha value is -2.04. The van der Waals surface area contributed by atoms with E-state index in [1.807, 2.05) is 6.92 Å². The van der Waals surface area contributed by atoms with Gasteiger partial charge in [-0.05, 0) is 36.0 Å². The van der Waals surface area contributed by atoms with Gasteiger partial charge in [0.1, 0.15) is 0 Å². The summed E-state index contributed by atoms with van der Waals surface area (Å²) in [6.45, 7) is 10.6. The molecule has 0 unspecified atom stereocenters. The quantitative estimate of drug-likeness (QED) is 0.935. The minimum absolute atomic E-state index is 0.206. The van der Waals surface area contributed by atoms with E-state index in [-0.39, 0.29) is 5.41 Å². The van der Waals surface area contributed by atoms with Crippen LogP contribution < -0.4 is 10.2 Å². The van der Waals surface area contributed by atoms with Gasteiger partial charge in [-0.3, -0.25) is 0 Å². The molecule has 5 nitrogen and oxygen atoms in total. The molecule has 2 aromatic rings. The van der Waals surface area contributed by atoms with Crippen molar-refractivity contribution in [1.29, 1.82) is 0 Å². The fourth-order valence-electron chi connectivity index (χ4n) is 2.98. The van der Waals surface area contributed by atoms with Gasteiger partial charge in [0, 0.05) is 31.7 Å². The van der Waals surface area contributed by atoms with Crippen molar-refractivity contribution < 1.29 is 4.42 Å². The Balaban J connectivity index is 1.56. The van der Waals surface area contributed by atoms with E-state index in [9.17, 15) is 0 Å². The SMILES string of the molecule is Cc1nnc(NC2CCN(c3ccc(C(C)(C)C)cc3)CC2)o1. The Kier molecular flexibility index (Phi) is 4.28. The minimum atomic E-state index is 0.206. The largest absolute Gasteiger partial charge is 0.408 e. The number of benzene rings is 1. The number of nitrogens with one attached hydrogen (secondary N) is 1. The molecule has 0 amide bonds. The third-order valence-electron chi connectivity index (χ3n) is 4.45. The lowest BCUT2D eigenvalue weighted by Crippen LogP contribution is -2.39. The predicted molar refractivity (Wildman–Crippen MR) is 93.0 cm³/mol. The van der Waals surface area contributed by atoms with Crippen LogP contribution in [0.25, 0.3) is 0 Å². The van der Waals surface area contributed by atoms with Crippen LogP contribution in [0.4, 0.5) is 11.7 Å². The summed E-state index contributed by atoms with van der Waals surface area (Å²) in [7, 11) is 0.